The Balaban J connectivity index is 0.855. The van der Waals surface area contributed by atoms with Gasteiger partial charge in [0, 0.05) is 93.9 Å². The number of carbonyl (C=O) groups excluding carboxylic acids is 6. The van der Waals surface area contributed by atoms with Gasteiger partial charge in [0.25, 0.3) is 5.91 Å². The first-order valence-corrected chi connectivity index (χ1v) is 28.7. The zero-order chi connectivity index (χ0) is 58.2. The quantitative estimate of drug-likeness (QED) is 0.0503. The van der Waals surface area contributed by atoms with Gasteiger partial charge in [-0.3, -0.25) is 38.6 Å². The lowest BCUT2D eigenvalue weighted by Gasteiger charge is -2.43. The van der Waals surface area contributed by atoms with Crippen molar-refractivity contribution in [2.45, 2.75) is 114 Å². The summed E-state index contributed by atoms with van der Waals surface area (Å²) in [5, 5.41) is 17.3. The summed E-state index contributed by atoms with van der Waals surface area (Å²) < 4.78 is 55.1. The SMILES string of the molecule is CN[C@@H](C)C(=O)NC(C(=O)N1Cc2ccc(NC(=O)CC(=O)NCCCC3(C)CN(C(=O)CN4CC(C)NC[C@@H]4CN4CCOCC4C)c4cc(Cc5ccc(F)cc5)ccc43)cc2C1C(=O)Nc1c(F)cccc1F)C1CCOCC1. The summed E-state index contributed by atoms with van der Waals surface area (Å²) in [5.74, 6) is -5.82. The van der Waals surface area contributed by atoms with Gasteiger partial charge in [-0.05, 0) is 136 Å². The summed E-state index contributed by atoms with van der Waals surface area (Å²) in [4.78, 5) is 91.9. The lowest BCUT2D eigenvalue weighted by molar-refractivity contribution is -0.144. The van der Waals surface area contributed by atoms with Gasteiger partial charge >= 0.3 is 0 Å². The lowest BCUT2D eigenvalue weighted by atomic mass is 9.80. The van der Waals surface area contributed by atoms with Crippen molar-refractivity contribution in [2.75, 3.05) is 94.8 Å². The summed E-state index contributed by atoms with van der Waals surface area (Å²) in [6.45, 7) is 14.2. The predicted octanol–water partition coefficient (Wildman–Crippen LogP) is 5.15. The topological polar surface area (TPSA) is 206 Å². The normalized spacial score (nSPS) is 22.9. The molecule has 0 saturated carbocycles. The fourth-order valence-electron chi connectivity index (χ4n) is 12.1. The van der Waals surface area contributed by atoms with Crippen molar-refractivity contribution in [1.29, 1.82) is 0 Å². The number of benzene rings is 4. The first kappa shape index (κ1) is 59.9. The fraction of sp³-hybridized carbons (Fsp3) is 0.508. The number of anilines is 3. The molecule has 3 fully saturated rings. The molecule has 9 rings (SSSR count). The molecule has 5 aliphatic rings. The Morgan fingerprint density at radius 1 is 0.854 bits per heavy atom. The second-order valence-corrected chi connectivity index (χ2v) is 23.0. The first-order valence-electron chi connectivity index (χ1n) is 28.7. The molecule has 4 aromatic carbocycles. The van der Waals surface area contributed by atoms with Crippen LogP contribution in [-0.2, 0) is 56.6 Å². The Bertz CT molecular complexity index is 2960. The standard InChI is InChI=1S/C61H77F3N10O8/c1-37-31-72(46(30-67-37)33-71-22-25-82-35-38(71)2)34-54(77)74-36-61(4,48-17-12-41(27-51(48)74)26-40-10-14-44(62)15-11-40)20-7-21-66-52(75)29-53(76)68-45-16-13-43-32-73(57(47(43)28-45)59(79)70-56-49(63)8-6-9-50(56)64)60(80)55(42-18-23-81-24-19-42)69-58(78)39(3)65-5/h6,8-17,27-28,37-39,42,46,55,57,65,67H,7,18-26,29-36H2,1-5H3,(H,66,75)(H,68,76)(H,69,78)(H,70,79)/t37?,38?,39-,46+,55?,57?,61?/m0/s1. The summed E-state index contributed by atoms with van der Waals surface area (Å²) in [5.41, 5.74) is 3.62. The maximum absolute atomic E-state index is 15.0. The van der Waals surface area contributed by atoms with Crippen molar-refractivity contribution in [3.63, 3.8) is 0 Å². The molecule has 82 heavy (non-hydrogen) atoms. The van der Waals surface area contributed by atoms with Gasteiger partial charge in [-0.25, -0.2) is 13.2 Å². The molecule has 0 bridgehead atoms. The Labute approximate surface area is 477 Å². The second kappa shape index (κ2) is 26.7. The number of hydrogen-bond donors (Lipinski definition) is 6. The average molecular weight is 1140 g/mol. The van der Waals surface area contributed by atoms with Gasteiger partial charge < -0.3 is 51.2 Å². The zero-order valence-electron chi connectivity index (χ0n) is 47.5. The molecule has 21 heteroatoms. The van der Waals surface area contributed by atoms with Crippen molar-refractivity contribution in [3.8, 4) is 0 Å². The van der Waals surface area contributed by atoms with Crippen molar-refractivity contribution >= 4 is 52.5 Å². The number of para-hydroxylation sites is 1. The van der Waals surface area contributed by atoms with E-state index in [1.807, 2.05) is 4.90 Å². The predicted molar refractivity (Wildman–Crippen MR) is 304 cm³/mol. The van der Waals surface area contributed by atoms with Crippen LogP contribution in [-0.4, -0.2) is 160 Å². The number of nitrogens with zero attached hydrogens (tertiary/aromatic N) is 4. The van der Waals surface area contributed by atoms with E-state index >= 15 is 0 Å². The van der Waals surface area contributed by atoms with Gasteiger partial charge in [-0.1, -0.05) is 43.3 Å². The van der Waals surface area contributed by atoms with E-state index in [1.165, 1.54) is 23.1 Å². The Morgan fingerprint density at radius 2 is 1.60 bits per heavy atom. The number of rotatable bonds is 20. The number of morpholine rings is 1. The van der Waals surface area contributed by atoms with Crippen LogP contribution in [0.15, 0.2) is 78.9 Å². The van der Waals surface area contributed by atoms with Gasteiger partial charge in [0.15, 0.2) is 0 Å². The number of ether oxygens (including phenoxy) is 2. The number of amides is 6. The Hall–Kier alpha value is -6.75. The number of carbonyl (C=O) groups is 6. The molecule has 5 aliphatic heterocycles. The van der Waals surface area contributed by atoms with Crippen LogP contribution in [0.3, 0.4) is 0 Å². The van der Waals surface area contributed by atoms with Crippen molar-refractivity contribution in [2.24, 2.45) is 5.92 Å². The molecule has 6 amide bonds. The highest BCUT2D eigenvalue weighted by Gasteiger charge is 2.45. The Kier molecular flexibility index (Phi) is 19.5. The van der Waals surface area contributed by atoms with Gasteiger partial charge in [0.05, 0.1) is 25.8 Å². The highest BCUT2D eigenvalue weighted by Crippen LogP contribution is 2.45. The van der Waals surface area contributed by atoms with E-state index in [0.717, 1.165) is 66.8 Å². The molecule has 7 atom stereocenters. The van der Waals surface area contributed by atoms with Crippen LogP contribution in [0.2, 0.25) is 0 Å². The van der Waals surface area contributed by atoms with Gasteiger partial charge in [0.2, 0.25) is 29.5 Å². The zero-order valence-corrected chi connectivity index (χ0v) is 47.5. The monoisotopic (exact) mass is 1130 g/mol. The molecule has 5 unspecified atom stereocenters. The van der Waals surface area contributed by atoms with Crippen molar-refractivity contribution < 1.29 is 51.4 Å². The molecule has 440 valence electrons. The highest BCUT2D eigenvalue weighted by atomic mass is 19.1. The molecule has 0 radical (unpaired) electrons. The van der Waals surface area contributed by atoms with Crippen LogP contribution >= 0.6 is 0 Å². The first-order chi connectivity index (χ1) is 39.4. The van der Waals surface area contributed by atoms with Crippen molar-refractivity contribution in [3.05, 3.63) is 124 Å². The van der Waals surface area contributed by atoms with Gasteiger partial charge in [0.1, 0.15) is 41.6 Å². The summed E-state index contributed by atoms with van der Waals surface area (Å²) >= 11 is 0. The molecule has 3 saturated heterocycles. The van der Waals surface area contributed by atoms with E-state index < -0.39 is 76.8 Å². The maximum Gasteiger partial charge on any atom is 0.252 e. The van der Waals surface area contributed by atoms with E-state index in [1.54, 1.807) is 38.2 Å². The fourth-order valence-corrected chi connectivity index (χ4v) is 12.1. The smallest absolute Gasteiger partial charge is 0.252 e. The molecule has 5 heterocycles. The lowest BCUT2D eigenvalue weighted by Crippen LogP contribution is -2.62. The second-order valence-electron chi connectivity index (χ2n) is 23.0. The van der Waals surface area contributed by atoms with Crippen LogP contribution in [0.25, 0.3) is 0 Å². The third kappa shape index (κ3) is 14.2. The third-order valence-corrected chi connectivity index (χ3v) is 16.9. The minimum absolute atomic E-state index is 0.00273. The number of piperazine rings is 1. The highest BCUT2D eigenvalue weighted by molar-refractivity contribution is 6.04. The summed E-state index contributed by atoms with van der Waals surface area (Å²) in [7, 11) is 1.61. The molecule has 0 spiro atoms. The number of likely N-dealkylation sites (N-methyl/N-ethyl adjacent to an activating group) is 1. The number of fused-ring (bicyclic) bond motifs is 2. The average Bonchev–Trinajstić information content (AvgIpc) is 3.17. The number of halogens is 3. The van der Waals surface area contributed by atoms with E-state index in [4.69, 9.17) is 9.47 Å². The molecular weight excluding hydrogens is 1060 g/mol. The minimum Gasteiger partial charge on any atom is -0.381 e. The molecule has 0 aromatic heterocycles. The van der Waals surface area contributed by atoms with Gasteiger partial charge in [-0.2, -0.15) is 0 Å². The van der Waals surface area contributed by atoms with E-state index in [0.29, 0.717) is 70.6 Å². The van der Waals surface area contributed by atoms with E-state index in [-0.39, 0.29) is 66.7 Å². The Morgan fingerprint density at radius 3 is 2.33 bits per heavy atom. The van der Waals surface area contributed by atoms with Crippen LogP contribution in [0.1, 0.15) is 93.7 Å². The third-order valence-electron chi connectivity index (χ3n) is 16.9. The summed E-state index contributed by atoms with van der Waals surface area (Å²) in [6, 6.07) is 18.0. The van der Waals surface area contributed by atoms with Crippen molar-refractivity contribution in [1.82, 2.24) is 36.0 Å². The van der Waals surface area contributed by atoms with Crippen LogP contribution in [0.5, 0.6) is 0 Å². The van der Waals surface area contributed by atoms with Crippen LogP contribution in [0, 0.1) is 23.4 Å². The van der Waals surface area contributed by atoms with E-state index in [9.17, 15) is 41.9 Å². The number of nitrogens with one attached hydrogen (secondary N) is 6. The molecule has 0 aliphatic carbocycles. The summed E-state index contributed by atoms with van der Waals surface area (Å²) in [6.07, 6.45) is 2.08. The maximum atomic E-state index is 15.0. The van der Waals surface area contributed by atoms with Crippen LogP contribution in [0.4, 0.5) is 30.2 Å². The molecule has 6 N–H and O–H groups in total. The largest absolute Gasteiger partial charge is 0.381 e. The molecule has 4 aromatic rings. The minimum atomic E-state index is -1.44. The van der Waals surface area contributed by atoms with E-state index in [2.05, 4.69) is 80.7 Å². The van der Waals surface area contributed by atoms with Gasteiger partial charge in [-0.15, -0.1) is 0 Å². The number of hydrogen-bond acceptors (Lipinski definition) is 12. The van der Waals surface area contributed by atoms with Crippen LogP contribution < -0.4 is 36.8 Å². The molecular formula is C61H77F3N10O8. The molecule has 18 nitrogen and oxygen atoms in total.